The summed E-state index contributed by atoms with van der Waals surface area (Å²) in [7, 11) is 0. The highest BCUT2D eigenvalue weighted by Crippen LogP contribution is 2.32. The molecule has 3 heterocycles. The van der Waals surface area contributed by atoms with Crippen molar-refractivity contribution in [3.05, 3.63) is 76.8 Å². The number of hydrogen-bond donors (Lipinski definition) is 1. The van der Waals surface area contributed by atoms with Crippen LogP contribution in [0.25, 0.3) is 22.2 Å². The van der Waals surface area contributed by atoms with E-state index in [-0.39, 0.29) is 5.91 Å². The molecule has 0 atom stereocenters. The summed E-state index contributed by atoms with van der Waals surface area (Å²) in [6.07, 6.45) is -0.247. The molecule has 34 heavy (non-hydrogen) atoms. The Balaban J connectivity index is 1.41. The van der Waals surface area contributed by atoms with Gasteiger partial charge in [-0.25, -0.2) is 9.97 Å². The molecular formula is C25H21F3N4OS. The highest BCUT2D eigenvalue weighted by Gasteiger charge is 2.30. The van der Waals surface area contributed by atoms with E-state index >= 15 is 0 Å². The third-order valence-electron chi connectivity index (χ3n) is 5.80. The van der Waals surface area contributed by atoms with Gasteiger partial charge in [0.2, 0.25) is 0 Å². The molecule has 0 aliphatic carbocycles. The van der Waals surface area contributed by atoms with Crippen molar-refractivity contribution in [2.24, 2.45) is 0 Å². The summed E-state index contributed by atoms with van der Waals surface area (Å²) in [6, 6.07) is 13.6. The molecule has 0 spiro atoms. The van der Waals surface area contributed by atoms with E-state index in [4.69, 9.17) is 0 Å². The predicted molar refractivity (Wildman–Crippen MR) is 127 cm³/mol. The van der Waals surface area contributed by atoms with Gasteiger partial charge >= 0.3 is 6.18 Å². The number of fused-ring (bicyclic) bond motifs is 1. The highest BCUT2D eigenvalue weighted by atomic mass is 32.1. The number of nitrogens with zero attached hydrogens (tertiary/aromatic N) is 3. The number of amides is 1. The number of nitrogens with one attached hydrogen (secondary N) is 1. The summed E-state index contributed by atoms with van der Waals surface area (Å²) in [5.41, 5.74) is 0.706. The molecule has 4 aromatic rings. The van der Waals surface area contributed by atoms with Crippen LogP contribution in [0.5, 0.6) is 0 Å². The number of thiazole rings is 1. The van der Waals surface area contributed by atoms with E-state index in [9.17, 15) is 18.0 Å². The van der Waals surface area contributed by atoms with Crippen molar-refractivity contribution in [3.63, 3.8) is 0 Å². The summed E-state index contributed by atoms with van der Waals surface area (Å²) < 4.78 is 39.4. The zero-order chi connectivity index (χ0) is 23.7. The molecule has 5 nitrogen and oxygen atoms in total. The standard InChI is InChI=1S/C25H21F3N4OS/c26-25(27,28)18-7-3-6-17(13-18)21-10-9-16-5-4-8-20(22(16)30-21)23(33)31-24-29-14-19(34-24)15-32-11-1-2-12-32/h3-10,13-14H,1-2,11-12,15H2,(H,29,31,33). The molecule has 1 amide bonds. The summed E-state index contributed by atoms with van der Waals surface area (Å²) in [5, 5.41) is 4.07. The fourth-order valence-electron chi connectivity index (χ4n) is 4.11. The van der Waals surface area contributed by atoms with E-state index in [1.54, 1.807) is 36.5 Å². The number of halogens is 3. The number of aromatic nitrogens is 2. The van der Waals surface area contributed by atoms with Gasteiger partial charge in [0.05, 0.1) is 22.3 Å². The third kappa shape index (κ3) is 4.80. The number of alkyl halides is 3. The average molecular weight is 483 g/mol. The van der Waals surface area contributed by atoms with Crippen molar-refractivity contribution in [1.29, 1.82) is 0 Å². The summed E-state index contributed by atoms with van der Waals surface area (Å²) in [4.78, 5) is 25.4. The number of rotatable bonds is 5. The number of likely N-dealkylation sites (tertiary alicyclic amines) is 1. The van der Waals surface area contributed by atoms with Crippen LogP contribution in [0.2, 0.25) is 0 Å². The number of carbonyl (C=O) groups excluding carboxylic acids is 1. The number of anilines is 1. The van der Waals surface area contributed by atoms with Crippen LogP contribution in [0.15, 0.2) is 60.8 Å². The Morgan fingerprint density at radius 2 is 1.85 bits per heavy atom. The number of pyridine rings is 1. The summed E-state index contributed by atoms with van der Waals surface area (Å²) in [6.45, 7) is 2.98. The Morgan fingerprint density at radius 1 is 1.06 bits per heavy atom. The number of benzene rings is 2. The Bertz CT molecular complexity index is 1350. The minimum absolute atomic E-state index is 0.332. The van der Waals surface area contributed by atoms with Crippen LogP contribution in [0.1, 0.15) is 33.6 Å². The first-order valence-electron chi connectivity index (χ1n) is 10.9. The first-order chi connectivity index (χ1) is 16.4. The van der Waals surface area contributed by atoms with Crippen molar-refractivity contribution >= 4 is 33.3 Å². The molecule has 0 unspecified atom stereocenters. The van der Waals surface area contributed by atoms with Crippen molar-refractivity contribution in [3.8, 4) is 11.3 Å². The minimum atomic E-state index is -4.45. The summed E-state index contributed by atoms with van der Waals surface area (Å²) in [5.74, 6) is -0.360. The molecule has 174 valence electrons. The molecule has 9 heteroatoms. The van der Waals surface area contributed by atoms with E-state index in [0.717, 1.165) is 42.0 Å². The Labute approximate surface area is 198 Å². The van der Waals surface area contributed by atoms with Gasteiger partial charge in [0.1, 0.15) is 0 Å². The molecule has 1 N–H and O–H groups in total. The fourth-order valence-corrected chi connectivity index (χ4v) is 4.96. The lowest BCUT2D eigenvalue weighted by Gasteiger charge is -2.11. The zero-order valence-electron chi connectivity index (χ0n) is 18.1. The topological polar surface area (TPSA) is 58.1 Å². The van der Waals surface area contributed by atoms with Gasteiger partial charge in [0.15, 0.2) is 5.13 Å². The van der Waals surface area contributed by atoms with Crippen LogP contribution in [0.3, 0.4) is 0 Å². The van der Waals surface area contributed by atoms with Crippen LogP contribution in [-0.4, -0.2) is 33.9 Å². The monoisotopic (exact) mass is 482 g/mol. The fraction of sp³-hybridized carbons (Fsp3) is 0.240. The van der Waals surface area contributed by atoms with Crippen molar-refractivity contribution < 1.29 is 18.0 Å². The van der Waals surface area contributed by atoms with E-state index in [0.29, 0.717) is 27.5 Å². The second kappa shape index (κ2) is 9.15. The first-order valence-corrected chi connectivity index (χ1v) is 11.7. The molecule has 5 rings (SSSR count). The van der Waals surface area contributed by atoms with Gasteiger partial charge in [-0.2, -0.15) is 13.2 Å². The van der Waals surface area contributed by atoms with Crippen LogP contribution in [0, 0.1) is 0 Å². The van der Waals surface area contributed by atoms with Gasteiger partial charge in [-0.3, -0.25) is 15.0 Å². The average Bonchev–Trinajstić information content (AvgIpc) is 3.50. The van der Waals surface area contributed by atoms with Crippen LogP contribution >= 0.6 is 11.3 Å². The quantitative estimate of drug-likeness (QED) is 0.367. The first kappa shape index (κ1) is 22.5. The molecule has 1 aliphatic heterocycles. The Hall–Kier alpha value is -3.30. The molecule has 0 radical (unpaired) electrons. The molecule has 1 saturated heterocycles. The van der Waals surface area contributed by atoms with Crippen LogP contribution in [0.4, 0.5) is 18.3 Å². The summed E-state index contributed by atoms with van der Waals surface area (Å²) >= 11 is 1.44. The molecule has 0 bridgehead atoms. The molecule has 1 aliphatic rings. The smallest absolute Gasteiger partial charge is 0.298 e. The molecule has 0 saturated carbocycles. The number of para-hydroxylation sites is 1. The third-order valence-corrected chi connectivity index (χ3v) is 6.70. The zero-order valence-corrected chi connectivity index (χ0v) is 18.9. The SMILES string of the molecule is O=C(Nc1ncc(CN2CCCC2)s1)c1cccc2ccc(-c3cccc(C(F)(F)F)c3)nc12. The van der Waals surface area contributed by atoms with Crippen molar-refractivity contribution in [1.82, 2.24) is 14.9 Å². The predicted octanol–water partition coefficient (Wildman–Crippen LogP) is 6.23. The van der Waals surface area contributed by atoms with Gasteiger partial charge in [-0.05, 0) is 50.2 Å². The Morgan fingerprint density at radius 3 is 2.65 bits per heavy atom. The van der Waals surface area contributed by atoms with E-state index in [1.807, 2.05) is 6.07 Å². The molecular weight excluding hydrogens is 461 g/mol. The lowest BCUT2D eigenvalue weighted by Crippen LogP contribution is -2.17. The maximum Gasteiger partial charge on any atom is 0.416 e. The van der Waals surface area contributed by atoms with Crippen molar-refractivity contribution in [2.45, 2.75) is 25.6 Å². The van der Waals surface area contributed by atoms with E-state index < -0.39 is 11.7 Å². The van der Waals surface area contributed by atoms with Gasteiger partial charge in [0, 0.05) is 28.6 Å². The lowest BCUT2D eigenvalue weighted by molar-refractivity contribution is -0.137. The number of hydrogen-bond acceptors (Lipinski definition) is 5. The van der Waals surface area contributed by atoms with Gasteiger partial charge in [-0.1, -0.05) is 30.3 Å². The lowest BCUT2D eigenvalue weighted by atomic mass is 10.0. The minimum Gasteiger partial charge on any atom is -0.298 e. The normalized spacial score (nSPS) is 14.6. The maximum atomic E-state index is 13.1. The maximum absolute atomic E-state index is 13.1. The van der Waals surface area contributed by atoms with Gasteiger partial charge in [-0.15, -0.1) is 11.3 Å². The van der Waals surface area contributed by atoms with E-state index in [1.165, 1.54) is 30.2 Å². The van der Waals surface area contributed by atoms with Crippen molar-refractivity contribution in [2.75, 3.05) is 18.4 Å². The van der Waals surface area contributed by atoms with Gasteiger partial charge in [0.25, 0.3) is 5.91 Å². The van der Waals surface area contributed by atoms with Crippen LogP contribution in [-0.2, 0) is 12.7 Å². The molecule has 2 aromatic carbocycles. The second-order valence-electron chi connectivity index (χ2n) is 8.22. The van der Waals surface area contributed by atoms with Crippen LogP contribution < -0.4 is 5.32 Å². The highest BCUT2D eigenvalue weighted by molar-refractivity contribution is 7.15. The second-order valence-corrected chi connectivity index (χ2v) is 9.34. The van der Waals surface area contributed by atoms with Gasteiger partial charge < -0.3 is 0 Å². The van der Waals surface area contributed by atoms with E-state index in [2.05, 4.69) is 20.2 Å². The Kier molecular flexibility index (Phi) is 6.05. The number of carbonyl (C=O) groups is 1. The molecule has 1 fully saturated rings. The molecule has 2 aromatic heterocycles. The largest absolute Gasteiger partial charge is 0.416 e.